The molecular formula is C20H25N3O2. The topological polar surface area (TPSA) is 63.0 Å². The van der Waals surface area contributed by atoms with Gasteiger partial charge in [0.25, 0.3) is 0 Å². The molecule has 0 radical (unpaired) electrons. The molecule has 25 heavy (non-hydrogen) atoms. The van der Waals surface area contributed by atoms with E-state index >= 15 is 0 Å². The largest absolute Gasteiger partial charge is 0.380 e. The molecule has 0 aliphatic heterocycles. The molecular weight excluding hydrogens is 314 g/mol. The van der Waals surface area contributed by atoms with Crippen LogP contribution < -0.4 is 5.32 Å². The molecule has 0 aliphatic carbocycles. The average Bonchev–Trinajstić information content (AvgIpc) is 2.57. The highest BCUT2D eigenvalue weighted by Crippen LogP contribution is 2.11. The number of hydrogen-bond acceptors (Lipinski definition) is 3. The van der Waals surface area contributed by atoms with Gasteiger partial charge in [0.1, 0.15) is 5.82 Å². The summed E-state index contributed by atoms with van der Waals surface area (Å²) >= 11 is 0. The average molecular weight is 339 g/mol. The molecule has 0 atom stereocenters. The summed E-state index contributed by atoms with van der Waals surface area (Å²) in [7, 11) is 1.65. The highest BCUT2D eigenvalue weighted by atomic mass is 16.5. The van der Waals surface area contributed by atoms with E-state index in [0.717, 1.165) is 11.1 Å². The highest BCUT2D eigenvalue weighted by Gasteiger charge is 2.06. The number of amides is 1. The van der Waals surface area contributed by atoms with Gasteiger partial charge in [0.05, 0.1) is 12.3 Å². The number of hydrogen-bond donors (Lipinski definition) is 1. The van der Waals surface area contributed by atoms with Crippen LogP contribution in [0, 0.1) is 0 Å². The van der Waals surface area contributed by atoms with E-state index in [4.69, 9.17) is 4.74 Å². The Hall–Kier alpha value is -2.79. The molecule has 1 aromatic carbocycles. The van der Waals surface area contributed by atoms with E-state index < -0.39 is 0 Å². The molecule has 0 bridgehead atoms. The Balaban J connectivity index is 3.30. The highest BCUT2D eigenvalue weighted by molar-refractivity contribution is 6.16. The molecule has 5 heteroatoms. The molecule has 5 nitrogen and oxygen atoms in total. The number of amidine groups is 1. The van der Waals surface area contributed by atoms with Gasteiger partial charge < -0.3 is 10.1 Å². The second kappa shape index (κ2) is 10.2. The van der Waals surface area contributed by atoms with Crippen LogP contribution in [0.25, 0.3) is 0 Å². The maximum Gasteiger partial charge on any atom is 0.222 e. The maximum absolute atomic E-state index is 11.3. The normalized spacial score (nSPS) is 12.7. The third-order valence-electron chi connectivity index (χ3n) is 3.14. The number of benzene rings is 1. The van der Waals surface area contributed by atoms with Crippen molar-refractivity contribution in [2.75, 3.05) is 7.11 Å². The summed E-state index contributed by atoms with van der Waals surface area (Å²) in [6.45, 7) is 13.3. The lowest BCUT2D eigenvalue weighted by atomic mass is 10.1. The van der Waals surface area contributed by atoms with E-state index in [0.29, 0.717) is 29.5 Å². The first-order valence-electron chi connectivity index (χ1n) is 7.89. The maximum atomic E-state index is 11.3. The minimum absolute atomic E-state index is 0.196. The Kier molecular flexibility index (Phi) is 8.23. The Morgan fingerprint density at radius 1 is 1.32 bits per heavy atom. The van der Waals surface area contributed by atoms with Gasteiger partial charge in [-0.25, -0.2) is 9.98 Å². The molecule has 0 fully saturated rings. The fraction of sp³-hybridized carbons (Fsp3) is 0.250. The van der Waals surface area contributed by atoms with Crippen LogP contribution in [0.3, 0.4) is 0 Å². The second-order valence-corrected chi connectivity index (χ2v) is 5.41. The van der Waals surface area contributed by atoms with Gasteiger partial charge in [-0.05, 0) is 43.2 Å². The SMILES string of the molecule is C=C\C(=N/C(=N/C(=C\C)NC(C)=O)C(=C)C)c1cccc(COC)c1. The minimum Gasteiger partial charge on any atom is -0.380 e. The lowest BCUT2D eigenvalue weighted by Crippen LogP contribution is -2.19. The zero-order valence-corrected chi connectivity index (χ0v) is 15.3. The van der Waals surface area contributed by atoms with E-state index in [2.05, 4.69) is 28.5 Å². The number of ether oxygens (including phenoxy) is 1. The number of rotatable bonds is 7. The van der Waals surface area contributed by atoms with E-state index in [9.17, 15) is 4.79 Å². The second-order valence-electron chi connectivity index (χ2n) is 5.41. The number of nitrogens with zero attached hydrogens (tertiary/aromatic N) is 2. The zero-order valence-electron chi connectivity index (χ0n) is 15.3. The molecule has 132 valence electrons. The van der Waals surface area contributed by atoms with E-state index in [1.54, 1.807) is 26.2 Å². The van der Waals surface area contributed by atoms with Crippen molar-refractivity contribution >= 4 is 17.5 Å². The first kappa shape index (κ1) is 20.3. The first-order valence-corrected chi connectivity index (χ1v) is 7.89. The lowest BCUT2D eigenvalue weighted by molar-refractivity contribution is -0.118. The number of nitrogens with one attached hydrogen (secondary N) is 1. The number of methoxy groups -OCH3 is 1. The molecule has 1 amide bonds. The van der Waals surface area contributed by atoms with Crippen molar-refractivity contribution in [3.63, 3.8) is 0 Å². The number of carbonyl (C=O) groups excluding carboxylic acids is 1. The molecule has 0 unspecified atom stereocenters. The molecule has 1 aromatic rings. The van der Waals surface area contributed by atoms with Crippen LogP contribution in [0.5, 0.6) is 0 Å². The zero-order chi connectivity index (χ0) is 18.8. The predicted molar refractivity (Wildman–Crippen MR) is 104 cm³/mol. The Morgan fingerprint density at radius 3 is 2.56 bits per heavy atom. The van der Waals surface area contributed by atoms with Gasteiger partial charge in [-0.2, -0.15) is 0 Å². The van der Waals surface area contributed by atoms with Gasteiger partial charge >= 0.3 is 0 Å². The van der Waals surface area contributed by atoms with Gasteiger partial charge in [0.2, 0.25) is 5.91 Å². The fourth-order valence-electron chi connectivity index (χ4n) is 2.00. The minimum atomic E-state index is -0.196. The smallest absolute Gasteiger partial charge is 0.222 e. The summed E-state index contributed by atoms with van der Waals surface area (Å²) in [5.74, 6) is 0.651. The van der Waals surface area contributed by atoms with Gasteiger partial charge in [-0.3, -0.25) is 4.79 Å². The molecule has 1 rings (SSSR count). The Bertz CT molecular complexity index is 743. The van der Waals surface area contributed by atoms with E-state index in [1.165, 1.54) is 6.92 Å². The molecule has 0 heterocycles. The number of carbonyl (C=O) groups is 1. The summed E-state index contributed by atoms with van der Waals surface area (Å²) in [6.07, 6.45) is 3.37. The quantitative estimate of drug-likeness (QED) is 0.607. The van der Waals surface area contributed by atoms with Crippen LogP contribution in [0.4, 0.5) is 0 Å². The van der Waals surface area contributed by atoms with Crippen LogP contribution >= 0.6 is 0 Å². The van der Waals surface area contributed by atoms with Crippen molar-refractivity contribution in [2.45, 2.75) is 27.4 Å². The molecule has 0 saturated carbocycles. The molecule has 0 aromatic heterocycles. The molecule has 0 aliphatic rings. The summed E-state index contributed by atoms with van der Waals surface area (Å²) < 4.78 is 5.17. The van der Waals surface area contributed by atoms with Crippen molar-refractivity contribution < 1.29 is 9.53 Å². The molecule has 0 spiro atoms. The monoisotopic (exact) mass is 339 g/mol. The van der Waals surface area contributed by atoms with Gasteiger partial charge in [-0.15, -0.1) is 0 Å². The van der Waals surface area contributed by atoms with Crippen molar-refractivity contribution in [3.05, 3.63) is 72.1 Å². The van der Waals surface area contributed by atoms with Crippen molar-refractivity contribution in [2.24, 2.45) is 9.98 Å². The van der Waals surface area contributed by atoms with Crippen molar-refractivity contribution in [1.82, 2.24) is 5.32 Å². The third kappa shape index (κ3) is 6.69. The first-order chi connectivity index (χ1) is 11.9. The summed E-state index contributed by atoms with van der Waals surface area (Å²) in [6, 6.07) is 7.86. The molecule has 0 saturated heterocycles. The van der Waals surface area contributed by atoms with Gasteiger partial charge in [0, 0.05) is 19.6 Å². The van der Waals surface area contributed by atoms with Crippen LogP contribution in [0.15, 0.2) is 71.0 Å². The Labute approximate surface area is 149 Å². The Morgan fingerprint density at radius 2 is 2.04 bits per heavy atom. The summed E-state index contributed by atoms with van der Waals surface area (Å²) in [5.41, 5.74) is 3.28. The summed E-state index contributed by atoms with van der Waals surface area (Å²) in [5, 5.41) is 2.65. The lowest BCUT2D eigenvalue weighted by Gasteiger charge is -2.08. The molecule has 1 N–H and O–H groups in total. The van der Waals surface area contributed by atoms with Crippen molar-refractivity contribution in [3.8, 4) is 0 Å². The van der Waals surface area contributed by atoms with Gasteiger partial charge in [0.15, 0.2) is 5.84 Å². The van der Waals surface area contributed by atoms with E-state index in [1.807, 2.05) is 31.2 Å². The van der Waals surface area contributed by atoms with Crippen LogP contribution in [-0.4, -0.2) is 24.6 Å². The number of aliphatic imine (C=N–C) groups is 2. The van der Waals surface area contributed by atoms with Crippen LogP contribution in [-0.2, 0) is 16.1 Å². The predicted octanol–water partition coefficient (Wildman–Crippen LogP) is 3.78. The van der Waals surface area contributed by atoms with E-state index in [-0.39, 0.29) is 5.91 Å². The summed E-state index contributed by atoms with van der Waals surface area (Å²) in [4.78, 5) is 20.2. The van der Waals surface area contributed by atoms with Gasteiger partial charge in [-0.1, -0.05) is 31.4 Å². The fourth-order valence-corrected chi connectivity index (χ4v) is 2.00. The standard InChI is InChI=1S/C20H25N3O2/c1-7-18(17-11-9-10-16(12-17)13-25-6)22-20(14(3)4)23-19(8-2)21-15(5)24/h7-12H,1,3,13H2,2,4-6H3,(H,21,24)/b19-8-,22-18+,23-20+. The van der Waals surface area contributed by atoms with Crippen molar-refractivity contribution in [1.29, 1.82) is 0 Å². The number of allylic oxidation sites excluding steroid dienone is 2. The third-order valence-corrected chi connectivity index (χ3v) is 3.14. The van der Waals surface area contributed by atoms with Crippen LogP contribution in [0.2, 0.25) is 0 Å². The van der Waals surface area contributed by atoms with Crippen LogP contribution in [0.1, 0.15) is 31.9 Å².